The maximum absolute atomic E-state index is 11.0. The van der Waals surface area contributed by atoms with Crippen LogP contribution in [0.4, 0.5) is 0 Å². The van der Waals surface area contributed by atoms with Gasteiger partial charge >= 0.3 is 0 Å². The van der Waals surface area contributed by atoms with E-state index in [1.54, 1.807) is 6.20 Å². The fourth-order valence-corrected chi connectivity index (χ4v) is 4.50. The molecule has 2 aliphatic rings. The minimum Gasteiger partial charge on any atom is -0.437 e. The van der Waals surface area contributed by atoms with Gasteiger partial charge in [0.05, 0.1) is 11.6 Å². The van der Waals surface area contributed by atoms with Crippen LogP contribution in [-0.2, 0) is 6.54 Å². The maximum Gasteiger partial charge on any atom is 0.225 e. The number of aliphatic hydroxyl groups is 1. The Kier molecular flexibility index (Phi) is 5.14. The number of rotatable bonds is 6. The van der Waals surface area contributed by atoms with Crippen molar-refractivity contribution < 1.29 is 9.84 Å². The first-order valence-corrected chi connectivity index (χ1v) is 10.9. The first-order chi connectivity index (χ1) is 14.2. The molecule has 6 nitrogen and oxygen atoms in total. The summed E-state index contributed by atoms with van der Waals surface area (Å²) in [7, 11) is 0. The highest BCUT2D eigenvalue weighted by atomic mass is 35.5. The van der Waals surface area contributed by atoms with Crippen LogP contribution in [0.15, 0.2) is 30.5 Å². The normalized spacial score (nSPS) is 18.8. The van der Waals surface area contributed by atoms with Crippen LogP contribution in [0.2, 0.25) is 5.02 Å². The molecule has 2 fully saturated rings. The number of fused-ring (bicyclic) bond motifs is 1. The number of pyridine rings is 1. The fourth-order valence-electron chi connectivity index (χ4n) is 4.27. The van der Waals surface area contributed by atoms with Crippen molar-refractivity contribution in [3.05, 3.63) is 41.0 Å². The smallest absolute Gasteiger partial charge is 0.225 e. The molecule has 0 amide bonds. The summed E-state index contributed by atoms with van der Waals surface area (Å²) in [6.45, 7) is 0.880. The Balaban J connectivity index is 1.42. The average molecular weight is 413 g/mol. The third kappa shape index (κ3) is 3.83. The molecule has 2 aliphatic carbocycles. The van der Waals surface area contributed by atoms with Crippen molar-refractivity contribution >= 4 is 22.6 Å². The molecule has 0 saturated heterocycles. The highest BCUT2D eigenvalue weighted by Crippen LogP contribution is 2.40. The van der Waals surface area contributed by atoms with E-state index in [4.69, 9.17) is 16.3 Å². The van der Waals surface area contributed by atoms with E-state index in [1.165, 1.54) is 19.3 Å². The number of aliphatic hydroxyl groups excluding tert-OH is 1. The summed E-state index contributed by atoms with van der Waals surface area (Å²) in [5.74, 6) is 1.83. The van der Waals surface area contributed by atoms with E-state index in [0.717, 1.165) is 37.7 Å². The van der Waals surface area contributed by atoms with Crippen LogP contribution in [0.5, 0.6) is 11.6 Å². The molecule has 1 aromatic carbocycles. The Morgan fingerprint density at radius 3 is 2.76 bits per heavy atom. The third-order valence-electron chi connectivity index (χ3n) is 6.14. The van der Waals surface area contributed by atoms with Crippen LogP contribution in [0.25, 0.3) is 11.0 Å². The molecule has 0 bridgehead atoms. The second kappa shape index (κ2) is 7.92. The van der Waals surface area contributed by atoms with Gasteiger partial charge in [-0.1, -0.05) is 36.1 Å². The number of halogens is 1. The number of hydrogen-bond donors (Lipinski definition) is 1. The van der Waals surface area contributed by atoms with Gasteiger partial charge in [-0.15, -0.1) is 5.10 Å². The van der Waals surface area contributed by atoms with E-state index in [9.17, 15) is 5.11 Å². The summed E-state index contributed by atoms with van der Waals surface area (Å²) in [6, 6.07) is 7.50. The lowest BCUT2D eigenvalue weighted by Crippen LogP contribution is -2.16. The highest BCUT2D eigenvalue weighted by molar-refractivity contribution is 6.36. The molecule has 2 aromatic heterocycles. The topological polar surface area (TPSA) is 73.1 Å². The first kappa shape index (κ1) is 18.8. The second-order valence-corrected chi connectivity index (χ2v) is 8.68. The Morgan fingerprint density at radius 1 is 1.14 bits per heavy atom. The molecule has 152 valence electrons. The fraction of sp³-hybridized carbons (Fsp3) is 0.500. The largest absolute Gasteiger partial charge is 0.437 e. The molecule has 2 saturated carbocycles. The zero-order chi connectivity index (χ0) is 19.8. The second-order valence-electron chi connectivity index (χ2n) is 8.30. The average Bonchev–Trinajstić information content (AvgIpc) is 3.49. The standard InChI is InChI=1S/C22H25ClN4O2/c23-19-18(11-10-17-20(19)25-26-27(17)13-14-8-9-14)29-22-16(7-4-12-24-22)21(28)15-5-2-1-3-6-15/h4,7,10-12,14-15,21,28H,1-3,5-6,8-9,13H2. The van der Waals surface area contributed by atoms with Gasteiger partial charge in [0.2, 0.25) is 5.88 Å². The van der Waals surface area contributed by atoms with Crippen LogP contribution >= 0.6 is 11.6 Å². The van der Waals surface area contributed by atoms with Gasteiger partial charge in [0.15, 0.2) is 5.75 Å². The lowest BCUT2D eigenvalue weighted by molar-refractivity contribution is 0.0824. The molecular formula is C22H25ClN4O2. The van der Waals surface area contributed by atoms with Gasteiger partial charge in [0.25, 0.3) is 0 Å². The Morgan fingerprint density at radius 2 is 1.97 bits per heavy atom. The number of benzene rings is 1. The molecule has 3 aromatic rings. The van der Waals surface area contributed by atoms with Crippen LogP contribution in [0, 0.1) is 11.8 Å². The molecular weight excluding hydrogens is 388 g/mol. The Bertz CT molecular complexity index is 1010. The van der Waals surface area contributed by atoms with Gasteiger partial charge < -0.3 is 9.84 Å². The lowest BCUT2D eigenvalue weighted by Gasteiger charge is -2.27. The summed E-state index contributed by atoms with van der Waals surface area (Å²) in [4.78, 5) is 4.38. The van der Waals surface area contributed by atoms with Crippen molar-refractivity contribution in [2.24, 2.45) is 11.8 Å². The summed E-state index contributed by atoms with van der Waals surface area (Å²) in [5, 5.41) is 19.9. The Labute approximate surface area is 174 Å². The number of aromatic nitrogens is 4. The first-order valence-electron chi connectivity index (χ1n) is 10.5. The molecule has 1 atom stereocenters. The van der Waals surface area contributed by atoms with Crippen molar-refractivity contribution in [1.29, 1.82) is 0 Å². The molecule has 7 heteroatoms. The predicted molar refractivity (Wildman–Crippen MR) is 111 cm³/mol. The van der Waals surface area contributed by atoms with Crippen molar-refractivity contribution in [3.8, 4) is 11.6 Å². The molecule has 0 radical (unpaired) electrons. The predicted octanol–water partition coefficient (Wildman–Crippen LogP) is 5.30. The van der Waals surface area contributed by atoms with Crippen LogP contribution in [-0.4, -0.2) is 25.1 Å². The van der Waals surface area contributed by atoms with E-state index in [0.29, 0.717) is 33.7 Å². The van der Waals surface area contributed by atoms with Crippen LogP contribution in [0.1, 0.15) is 56.6 Å². The molecule has 0 aliphatic heterocycles. The molecule has 1 N–H and O–H groups in total. The van der Waals surface area contributed by atoms with Gasteiger partial charge in [0, 0.05) is 18.3 Å². The zero-order valence-corrected chi connectivity index (χ0v) is 17.1. The number of ether oxygens (including phenoxy) is 1. The molecule has 5 rings (SSSR count). The van der Waals surface area contributed by atoms with Crippen molar-refractivity contribution in [2.75, 3.05) is 0 Å². The van der Waals surface area contributed by atoms with Gasteiger partial charge in [0.1, 0.15) is 10.5 Å². The van der Waals surface area contributed by atoms with E-state index >= 15 is 0 Å². The van der Waals surface area contributed by atoms with E-state index < -0.39 is 6.10 Å². The SMILES string of the molecule is OC(c1cccnc1Oc1ccc2c(nnn2CC2CC2)c1Cl)C1CCCCC1. The lowest BCUT2D eigenvalue weighted by atomic mass is 9.83. The van der Waals surface area contributed by atoms with Crippen molar-refractivity contribution in [2.45, 2.75) is 57.6 Å². The quantitative estimate of drug-likeness (QED) is 0.595. The van der Waals surface area contributed by atoms with E-state index in [2.05, 4.69) is 15.3 Å². The summed E-state index contributed by atoms with van der Waals surface area (Å²) < 4.78 is 8.00. The minimum absolute atomic E-state index is 0.246. The summed E-state index contributed by atoms with van der Waals surface area (Å²) in [6.07, 6.45) is 9.24. The van der Waals surface area contributed by atoms with Gasteiger partial charge in [-0.3, -0.25) is 0 Å². The molecule has 0 spiro atoms. The van der Waals surface area contributed by atoms with Crippen LogP contribution in [0.3, 0.4) is 0 Å². The summed E-state index contributed by atoms with van der Waals surface area (Å²) >= 11 is 6.61. The van der Waals surface area contributed by atoms with Gasteiger partial charge in [-0.25, -0.2) is 9.67 Å². The Hall–Kier alpha value is -2.18. The number of nitrogens with zero attached hydrogens (tertiary/aromatic N) is 4. The van der Waals surface area contributed by atoms with Gasteiger partial charge in [-0.05, 0) is 61.8 Å². The summed E-state index contributed by atoms with van der Waals surface area (Å²) in [5.41, 5.74) is 2.26. The minimum atomic E-state index is -0.582. The van der Waals surface area contributed by atoms with Gasteiger partial charge in [-0.2, -0.15) is 0 Å². The highest BCUT2D eigenvalue weighted by Gasteiger charge is 2.27. The van der Waals surface area contributed by atoms with E-state index in [1.807, 2.05) is 28.9 Å². The zero-order valence-electron chi connectivity index (χ0n) is 16.3. The van der Waals surface area contributed by atoms with Crippen molar-refractivity contribution in [1.82, 2.24) is 20.0 Å². The molecule has 1 unspecified atom stereocenters. The van der Waals surface area contributed by atoms with E-state index in [-0.39, 0.29) is 5.92 Å². The maximum atomic E-state index is 11.0. The van der Waals surface area contributed by atoms with Crippen molar-refractivity contribution in [3.63, 3.8) is 0 Å². The molecule has 2 heterocycles. The number of hydrogen-bond acceptors (Lipinski definition) is 5. The van der Waals surface area contributed by atoms with Crippen LogP contribution < -0.4 is 4.74 Å². The monoisotopic (exact) mass is 412 g/mol. The third-order valence-corrected chi connectivity index (χ3v) is 6.51. The molecule has 29 heavy (non-hydrogen) atoms.